The summed E-state index contributed by atoms with van der Waals surface area (Å²) in [6.45, 7) is 3.46. The van der Waals surface area contributed by atoms with Gasteiger partial charge < -0.3 is 5.32 Å². The zero-order valence-electron chi connectivity index (χ0n) is 13.7. The van der Waals surface area contributed by atoms with Crippen LogP contribution >= 0.6 is 11.3 Å². The molecule has 0 bridgehead atoms. The van der Waals surface area contributed by atoms with Gasteiger partial charge in [-0.05, 0) is 55.7 Å². The fraction of sp³-hybridized carbons (Fsp3) is 0.353. The molecular formula is C17H20N2O3S2. The van der Waals surface area contributed by atoms with E-state index in [9.17, 15) is 13.2 Å². The molecule has 128 valence electrons. The number of carbonyl (C=O) groups is 1. The van der Waals surface area contributed by atoms with Crippen molar-refractivity contribution in [2.45, 2.75) is 43.4 Å². The third-order valence-corrected chi connectivity index (χ3v) is 7.40. The molecule has 1 heterocycles. The molecule has 7 heteroatoms. The lowest BCUT2D eigenvalue weighted by Gasteiger charge is -2.23. The second-order valence-electron chi connectivity index (χ2n) is 5.83. The summed E-state index contributed by atoms with van der Waals surface area (Å²) in [6, 6.07) is 10.5. The average molecular weight is 364 g/mol. The Morgan fingerprint density at radius 3 is 2.38 bits per heavy atom. The molecule has 0 spiro atoms. The molecular weight excluding hydrogens is 344 g/mol. The molecule has 1 aliphatic carbocycles. The van der Waals surface area contributed by atoms with E-state index in [4.69, 9.17) is 0 Å². The van der Waals surface area contributed by atoms with Crippen molar-refractivity contribution in [3.05, 3.63) is 41.3 Å². The molecule has 0 aliphatic heterocycles. The molecule has 0 atom stereocenters. The van der Waals surface area contributed by atoms with Crippen molar-refractivity contribution in [1.29, 1.82) is 0 Å². The van der Waals surface area contributed by atoms with E-state index in [1.165, 1.54) is 22.6 Å². The Balaban J connectivity index is 1.93. The van der Waals surface area contributed by atoms with Crippen LogP contribution in [0.15, 0.2) is 40.6 Å². The third kappa shape index (κ3) is 3.47. The summed E-state index contributed by atoms with van der Waals surface area (Å²) in [6.07, 6.45) is 2.58. The van der Waals surface area contributed by atoms with Gasteiger partial charge in [0.1, 0.15) is 4.21 Å². The molecule has 1 aliphatic rings. The molecule has 24 heavy (non-hydrogen) atoms. The van der Waals surface area contributed by atoms with Gasteiger partial charge in [-0.3, -0.25) is 9.10 Å². The Kier molecular flexibility index (Phi) is 4.64. The van der Waals surface area contributed by atoms with Gasteiger partial charge in [0.15, 0.2) is 0 Å². The van der Waals surface area contributed by atoms with E-state index in [0.717, 1.165) is 24.1 Å². The second-order valence-corrected chi connectivity index (χ2v) is 9.04. The maximum absolute atomic E-state index is 13.1. The molecule has 0 radical (unpaired) electrons. The average Bonchev–Trinajstić information content (AvgIpc) is 3.22. The summed E-state index contributed by atoms with van der Waals surface area (Å²) in [4.78, 5) is 12.2. The van der Waals surface area contributed by atoms with Crippen molar-refractivity contribution in [3.8, 4) is 0 Å². The fourth-order valence-corrected chi connectivity index (χ4v) is 5.63. The van der Waals surface area contributed by atoms with E-state index >= 15 is 0 Å². The first-order valence-electron chi connectivity index (χ1n) is 7.92. The largest absolute Gasteiger partial charge is 0.326 e. The molecule has 0 saturated heterocycles. The quantitative estimate of drug-likeness (QED) is 0.851. The molecule has 1 aromatic carbocycles. The van der Waals surface area contributed by atoms with Crippen LogP contribution < -0.4 is 9.62 Å². The minimum absolute atomic E-state index is 0.0220. The Morgan fingerprint density at radius 1 is 1.21 bits per heavy atom. The van der Waals surface area contributed by atoms with Gasteiger partial charge in [-0.15, -0.1) is 11.3 Å². The number of hydrogen-bond acceptors (Lipinski definition) is 4. The van der Waals surface area contributed by atoms with Crippen LogP contribution in [0.4, 0.5) is 11.4 Å². The molecule has 1 aromatic heterocycles. The number of sulfonamides is 1. The Labute approximate surface area is 146 Å². The molecule has 0 unspecified atom stereocenters. The van der Waals surface area contributed by atoms with Gasteiger partial charge >= 0.3 is 0 Å². The van der Waals surface area contributed by atoms with Crippen LogP contribution in [0.1, 0.15) is 31.6 Å². The lowest BCUT2D eigenvalue weighted by Crippen LogP contribution is -2.32. The molecule has 1 N–H and O–H groups in total. The van der Waals surface area contributed by atoms with Gasteiger partial charge in [-0.25, -0.2) is 8.42 Å². The van der Waals surface area contributed by atoms with E-state index in [2.05, 4.69) is 5.32 Å². The van der Waals surface area contributed by atoms with E-state index in [1.807, 2.05) is 13.0 Å². The van der Waals surface area contributed by atoms with Crippen molar-refractivity contribution in [2.24, 2.45) is 0 Å². The van der Waals surface area contributed by atoms with Gasteiger partial charge in [0.05, 0.1) is 5.69 Å². The maximum Gasteiger partial charge on any atom is 0.274 e. The lowest BCUT2D eigenvalue weighted by molar-refractivity contribution is -0.114. The van der Waals surface area contributed by atoms with Crippen molar-refractivity contribution in [2.75, 3.05) is 9.62 Å². The number of aryl methyl sites for hydroxylation is 1. The molecule has 3 rings (SSSR count). The van der Waals surface area contributed by atoms with E-state index in [0.29, 0.717) is 15.6 Å². The van der Waals surface area contributed by atoms with E-state index < -0.39 is 10.0 Å². The van der Waals surface area contributed by atoms with Crippen LogP contribution in [0.2, 0.25) is 0 Å². The highest BCUT2D eigenvalue weighted by Crippen LogP contribution is 2.38. The Bertz CT molecular complexity index is 837. The topological polar surface area (TPSA) is 66.5 Å². The first-order valence-corrected chi connectivity index (χ1v) is 10.2. The molecule has 1 amide bonds. The summed E-state index contributed by atoms with van der Waals surface area (Å²) in [5, 5.41) is 2.69. The number of nitrogens with one attached hydrogen (secondary N) is 1. The first kappa shape index (κ1) is 17.0. The number of benzene rings is 1. The standard InChI is InChI=1S/C17H20N2O3S2/c1-3-16-10-11-17(23-16)24(21,22)19(15-8-9-15)14-6-4-13(5-7-14)18-12(2)20/h4-7,10-11,15H,3,8-9H2,1-2H3,(H,18,20). The van der Waals surface area contributed by atoms with Gasteiger partial charge in [0.2, 0.25) is 5.91 Å². The lowest BCUT2D eigenvalue weighted by atomic mass is 10.2. The van der Waals surface area contributed by atoms with Crippen LogP contribution in [-0.4, -0.2) is 20.4 Å². The van der Waals surface area contributed by atoms with Gasteiger partial charge in [-0.2, -0.15) is 0 Å². The zero-order chi connectivity index (χ0) is 17.3. The Hall–Kier alpha value is -1.86. The number of hydrogen-bond donors (Lipinski definition) is 1. The van der Waals surface area contributed by atoms with Crippen molar-refractivity contribution < 1.29 is 13.2 Å². The Morgan fingerprint density at radius 2 is 1.88 bits per heavy atom. The van der Waals surface area contributed by atoms with Crippen LogP contribution in [0.25, 0.3) is 0 Å². The summed E-state index contributed by atoms with van der Waals surface area (Å²) < 4.78 is 28.1. The predicted octanol–water partition coefficient (Wildman–Crippen LogP) is 3.63. The van der Waals surface area contributed by atoms with Crippen LogP contribution in [0.3, 0.4) is 0 Å². The van der Waals surface area contributed by atoms with Gasteiger partial charge in [0, 0.05) is 23.5 Å². The summed E-state index contributed by atoms with van der Waals surface area (Å²) in [5.74, 6) is -0.153. The molecule has 1 saturated carbocycles. The maximum atomic E-state index is 13.1. The van der Waals surface area contributed by atoms with Crippen molar-refractivity contribution in [3.63, 3.8) is 0 Å². The van der Waals surface area contributed by atoms with Crippen molar-refractivity contribution in [1.82, 2.24) is 0 Å². The van der Waals surface area contributed by atoms with E-state index in [1.54, 1.807) is 30.3 Å². The monoisotopic (exact) mass is 364 g/mol. The van der Waals surface area contributed by atoms with Crippen LogP contribution in [0, 0.1) is 0 Å². The number of thiophene rings is 1. The number of anilines is 2. The molecule has 1 fully saturated rings. The number of carbonyl (C=O) groups excluding carboxylic acids is 1. The highest BCUT2D eigenvalue weighted by molar-refractivity contribution is 7.94. The highest BCUT2D eigenvalue weighted by atomic mass is 32.2. The molecule has 2 aromatic rings. The summed E-state index contributed by atoms with van der Waals surface area (Å²) >= 11 is 1.33. The van der Waals surface area contributed by atoms with Crippen molar-refractivity contribution >= 4 is 38.6 Å². The number of amides is 1. The van der Waals surface area contributed by atoms with Gasteiger partial charge in [0.25, 0.3) is 10.0 Å². The highest BCUT2D eigenvalue weighted by Gasteiger charge is 2.39. The van der Waals surface area contributed by atoms with Gasteiger partial charge in [-0.1, -0.05) is 6.92 Å². The predicted molar refractivity (Wildman–Crippen MR) is 97.1 cm³/mol. The van der Waals surface area contributed by atoms with Crippen LogP contribution in [0.5, 0.6) is 0 Å². The molecule has 5 nitrogen and oxygen atoms in total. The number of nitrogens with zero attached hydrogens (tertiary/aromatic N) is 1. The SMILES string of the molecule is CCc1ccc(S(=O)(=O)N(c2ccc(NC(C)=O)cc2)C2CC2)s1. The normalized spacial score (nSPS) is 14.4. The summed E-state index contributed by atoms with van der Waals surface area (Å²) in [5.41, 5.74) is 1.29. The zero-order valence-corrected chi connectivity index (χ0v) is 15.3. The summed E-state index contributed by atoms with van der Waals surface area (Å²) in [7, 11) is -3.55. The second kappa shape index (κ2) is 6.57. The minimum Gasteiger partial charge on any atom is -0.326 e. The van der Waals surface area contributed by atoms with E-state index in [-0.39, 0.29) is 11.9 Å². The smallest absolute Gasteiger partial charge is 0.274 e. The first-order chi connectivity index (χ1) is 11.4. The minimum atomic E-state index is -3.55. The van der Waals surface area contributed by atoms with Crippen LogP contribution in [-0.2, 0) is 21.2 Å². The fourth-order valence-electron chi connectivity index (χ4n) is 2.53. The third-order valence-electron chi connectivity index (χ3n) is 3.82. The number of rotatable bonds is 6.